The molecule has 0 saturated heterocycles. The summed E-state index contributed by atoms with van der Waals surface area (Å²) in [7, 11) is 0. The molecule has 0 radical (unpaired) electrons. The molecule has 1 aromatic carbocycles. The number of rotatable bonds is 2. The van der Waals surface area contributed by atoms with Crippen LogP contribution in [0.4, 0.5) is 19.6 Å². The van der Waals surface area contributed by atoms with Crippen LogP contribution in [-0.4, -0.2) is 11.5 Å². The largest absolute Gasteiger partial charge is 0.375 e. The first-order valence-electron chi connectivity index (χ1n) is 5.56. The van der Waals surface area contributed by atoms with Gasteiger partial charge >= 0.3 is 0 Å². The van der Waals surface area contributed by atoms with Crippen molar-refractivity contribution in [1.82, 2.24) is 4.98 Å². The maximum absolute atomic E-state index is 13.3. The zero-order valence-corrected chi connectivity index (χ0v) is 11.5. The van der Waals surface area contributed by atoms with Crippen LogP contribution in [0, 0.1) is 11.6 Å². The molecule has 2 aromatic rings. The number of halogens is 3. The third kappa shape index (κ3) is 2.64. The lowest BCUT2D eigenvalue weighted by Crippen LogP contribution is -2.19. The number of hydrogen-bond acceptors (Lipinski definition) is 4. The Morgan fingerprint density at radius 1 is 1.32 bits per heavy atom. The van der Waals surface area contributed by atoms with E-state index in [0.717, 1.165) is 29.1 Å². The quantitative estimate of drug-likeness (QED) is 0.927. The average Bonchev–Trinajstić information content (AvgIpc) is 2.89. The van der Waals surface area contributed by atoms with Crippen LogP contribution in [0.3, 0.4) is 0 Å². The lowest BCUT2D eigenvalue weighted by Gasteiger charge is -2.18. The normalized spacial score (nSPS) is 13.3. The van der Waals surface area contributed by atoms with Crippen molar-refractivity contribution in [1.29, 1.82) is 0 Å². The van der Waals surface area contributed by atoms with Crippen LogP contribution in [0.1, 0.15) is 10.4 Å². The predicted octanol–water partition coefficient (Wildman–Crippen LogP) is 2.99. The Labute approximate surface area is 119 Å². The fourth-order valence-electron chi connectivity index (χ4n) is 2.20. The third-order valence-electron chi connectivity index (χ3n) is 3.03. The van der Waals surface area contributed by atoms with E-state index in [1.165, 1.54) is 23.5 Å². The lowest BCUT2D eigenvalue weighted by molar-refractivity contribution is 0.508. The molecular formula is C12H12ClF2N3S. The summed E-state index contributed by atoms with van der Waals surface area (Å²) in [5, 5.41) is 0.523. The number of anilines is 2. The van der Waals surface area contributed by atoms with Crippen LogP contribution in [0.5, 0.6) is 0 Å². The van der Waals surface area contributed by atoms with Crippen LogP contribution >= 0.6 is 23.7 Å². The fourth-order valence-corrected chi connectivity index (χ4v) is 2.90. The topological polar surface area (TPSA) is 42.1 Å². The van der Waals surface area contributed by atoms with E-state index in [-0.39, 0.29) is 12.4 Å². The first kappa shape index (κ1) is 14.0. The third-order valence-corrected chi connectivity index (χ3v) is 3.84. The summed E-state index contributed by atoms with van der Waals surface area (Å²) in [5.41, 5.74) is 7.19. The van der Waals surface area contributed by atoms with Crippen LogP contribution < -0.4 is 10.6 Å². The summed E-state index contributed by atoms with van der Waals surface area (Å²) in [6.07, 6.45) is 2.46. The molecular weight excluding hydrogens is 292 g/mol. The monoisotopic (exact) mass is 303 g/mol. The zero-order valence-electron chi connectivity index (χ0n) is 9.90. The minimum Gasteiger partial charge on any atom is -0.375 e. The first-order valence-corrected chi connectivity index (χ1v) is 6.38. The fraction of sp³-hybridized carbons (Fsp3) is 0.250. The van der Waals surface area contributed by atoms with Gasteiger partial charge in [0.15, 0.2) is 16.8 Å². The summed E-state index contributed by atoms with van der Waals surface area (Å²) < 4.78 is 26.4. The van der Waals surface area contributed by atoms with Crippen LogP contribution in [0.2, 0.25) is 0 Å². The molecule has 7 heteroatoms. The molecule has 0 bridgehead atoms. The van der Waals surface area contributed by atoms with E-state index < -0.39 is 11.6 Å². The molecule has 1 aromatic heterocycles. The second-order valence-electron chi connectivity index (χ2n) is 4.23. The Bertz CT molecular complexity index is 603. The minimum atomic E-state index is -0.801. The Kier molecular flexibility index (Phi) is 3.91. The molecule has 102 valence electrons. The molecule has 2 heterocycles. The smallest absolute Gasteiger partial charge is 0.180 e. The molecule has 0 unspecified atom stereocenters. The van der Waals surface area contributed by atoms with Gasteiger partial charge in [0.05, 0.1) is 6.54 Å². The lowest BCUT2D eigenvalue weighted by atomic mass is 10.1. The molecule has 1 aliphatic heterocycles. The molecule has 0 fully saturated rings. The number of aromatic nitrogens is 1. The van der Waals surface area contributed by atoms with Gasteiger partial charge in [0.25, 0.3) is 0 Å². The van der Waals surface area contributed by atoms with E-state index in [2.05, 4.69) is 4.98 Å². The van der Waals surface area contributed by atoms with Gasteiger partial charge in [0.1, 0.15) is 0 Å². The van der Waals surface area contributed by atoms with Crippen molar-refractivity contribution in [2.75, 3.05) is 17.2 Å². The van der Waals surface area contributed by atoms with Crippen molar-refractivity contribution in [3.63, 3.8) is 0 Å². The van der Waals surface area contributed by atoms with Crippen LogP contribution in [0.15, 0.2) is 18.3 Å². The van der Waals surface area contributed by atoms with Gasteiger partial charge in [-0.25, -0.2) is 13.8 Å². The number of nitrogens with zero attached hydrogens (tertiary/aromatic N) is 2. The van der Waals surface area contributed by atoms with Gasteiger partial charge in [-0.1, -0.05) is 0 Å². The van der Waals surface area contributed by atoms with Crippen molar-refractivity contribution >= 4 is 34.6 Å². The molecule has 0 atom stereocenters. The predicted molar refractivity (Wildman–Crippen MR) is 74.9 cm³/mol. The highest BCUT2D eigenvalue weighted by Crippen LogP contribution is 2.32. The number of thiazole rings is 1. The standard InChI is InChI=1S/C12H11F2N3S.ClH/c13-9-3-7-1-2-17(11(7)4-10(9)14)6-8-5-16-12(15)18-8;/h3-5H,1-2,6H2,(H2,15,16);1H. The van der Waals surface area contributed by atoms with Gasteiger partial charge < -0.3 is 10.6 Å². The van der Waals surface area contributed by atoms with Gasteiger partial charge in [-0.3, -0.25) is 0 Å². The Balaban J connectivity index is 0.00000133. The Hall–Kier alpha value is -1.40. The SMILES string of the molecule is Cl.Nc1ncc(CN2CCc3cc(F)c(F)cc32)s1. The first-order chi connectivity index (χ1) is 8.63. The minimum absolute atomic E-state index is 0. The molecule has 0 aliphatic carbocycles. The molecule has 3 rings (SSSR count). The number of nitrogen functional groups attached to an aromatic ring is 1. The van der Waals surface area contributed by atoms with E-state index in [0.29, 0.717) is 11.7 Å². The second kappa shape index (κ2) is 5.30. The van der Waals surface area contributed by atoms with Gasteiger partial charge in [-0.05, 0) is 18.1 Å². The number of hydrogen-bond donors (Lipinski definition) is 1. The van der Waals surface area contributed by atoms with Gasteiger partial charge in [0, 0.05) is 29.4 Å². The zero-order chi connectivity index (χ0) is 12.7. The summed E-state index contributed by atoms with van der Waals surface area (Å²) in [5.74, 6) is -1.58. The summed E-state index contributed by atoms with van der Waals surface area (Å²) in [4.78, 5) is 7.02. The van der Waals surface area contributed by atoms with Crippen LogP contribution in [0.25, 0.3) is 0 Å². The highest BCUT2D eigenvalue weighted by Gasteiger charge is 2.22. The maximum atomic E-state index is 13.3. The van der Waals surface area contributed by atoms with E-state index in [1.54, 1.807) is 6.20 Å². The second-order valence-corrected chi connectivity index (χ2v) is 5.38. The summed E-state index contributed by atoms with van der Waals surface area (Å²) in [6, 6.07) is 2.55. The van der Waals surface area contributed by atoms with E-state index >= 15 is 0 Å². The van der Waals surface area contributed by atoms with Crippen molar-refractivity contribution in [3.8, 4) is 0 Å². The van der Waals surface area contributed by atoms with E-state index in [9.17, 15) is 8.78 Å². The average molecular weight is 304 g/mol. The molecule has 1 aliphatic rings. The van der Waals surface area contributed by atoms with Gasteiger partial charge in [-0.15, -0.1) is 23.7 Å². The van der Waals surface area contributed by atoms with Crippen molar-refractivity contribution < 1.29 is 8.78 Å². The number of nitrogens with two attached hydrogens (primary N) is 1. The molecule has 3 nitrogen and oxygen atoms in total. The number of fused-ring (bicyclic) bond motifs is 1. The molecule has 19 heavy (non-hydrogen) atoms. The highest BCUT2D eigenvalue weighted by atomic mass is 35.5. The van der Waals surface area contributed by atoms with Crippen molar-refractivity contribution in [3.05, 3.63) is 40.4 Å². The van der Waals surface area contributed by atoms with Gasteiger partial charge in [0.2, 0.25) is 0 Å². The Morgan fingerprint density at radius 2 is 2.05 bits per heavy atom. The molecule has 2 N–H and O–H groups in total. The van der Waals surface area contributed by atoms with Crippen molar-refractivity contribution in [2.24, 2.45) is 0 Å². The number of benzene rings is 1. The highest BCUT2D eigenvalue weighted by molar-refractivity contribution is 7.15. The van der Waals surface area contributed by atoms with E-state index in [1.807, 2.05) is 4.90 Å². The van der Waals surface area contributed by atoms with Crippen LogP contribution in [-0.2, 0) is 13.0 Å². The molecule has 0 amide bonds. The van der Waals surface area contributed by atoms with Gasteiger partial charge in [-0.2, -0.15) is 0 Å². The molecule has 0 spiro atoms. The maximum Gasteiger partial charge on any atom is 0.180 e. The summed E-state index contributed by atoms with van der Waals surface area (Å²) in [6.45, 7) is 1.39. The molecule has 0 saturated carbocycles. The Morgan fingerprint density at radius 3 is 2.74 bits per heavy atom. The summed E-state index contributed by atoms with van der Waals surface area (Å²) >= 11 is 1.41. The van der Waals surface area contributed by atoms with Crippen molar-refractivity contribution in [2.45, 2.75) is 13.0 Å². The van der Waals surface area contributed by atoms with E-state index in [4.69, 9.17) is 5.73 Å².